The molecule has 82 valence electrons. The van der Waals surface area contributed by atoms with Crippen molar-refractivity contribution in [2.24, 2.45) is 11.3 Å². The van der Waals surface area contributed by atoms with Crippen LogP contribution in [0, 0.1) is 11.3 Å². The van der Waals surface area contributed by atoms with Crippen LogP contribution in [0.1, 0.15) is 34.1 Å². The molecule has 2 heteroatoms. The van der Waals surface area contributed by atoms with Gasteiger partial charge in [0.25, 0.3) is 0 Å². The van der Waals surface area contributed by atoms with Gasteiger partial charge in [0.2, 0.25) is 0 Å². The molecular weight excluding hydrogens is 188 g/mol. The first kappa shape index (κ1) is 11.9. The normalized spacial score (nSPS) is 25.5. The summed E-state index contributed by atoms with van der Waals surface area (Å²) >= 11 is 0. The maximum atomic E-state index is 11.9. The first-order valence-corrected chi connectivity index (χ1v) is 5.26. The van der Waals surface area contributed by atoms with Crippen LogP contribution in [-0.2, 0) is 9.59 Å². The van der Waals surface area contributed by atoms with Crippen molar-refractivity contribution in [1.29, 1.82) is 0 Å². The lowest BCUT2D eigenvalue weighted by atomic mass is 9.66. The van der Waals surface area contributed by atoms with Crippen LogP contribution < -0.4 is 0 Å². The van der Waals surface area contributed by atoms with Crippen LogP contribution in [-0.4, -0.2) is 11.6 Å². The van der Waals surface area contributed by atoms with E-state index in [0.717, 1.165) is 5.57 Å². The molecule has 1 atom stereocenters. The summed E-state index contributed by atoms with van der Waals surface area (Å²) in [7, 11) is 0. The van der Waals surface area contributed by atoms with Crippen molar-refractivity contribution in [3.05, 3.63) is 23.8 Å². The van der Waals surface area contributed by atoms with Crippen LogP contribution in [0.25, 0.3) is 0 Å². The Balaban J connectivity index is 3.09. The maximum absolute atomic E-state index is 11.9. The van der Waals surface area contributed by atoms with Gasteiger partial charge < -0.3 is 0 Å². The molecule has 0 spiro atoms. The minimum Gasteiger partial charge on any atom is -0.295 e. The molecule has 1 aliphatic carbocycles. The topological polar surface area (TPSA) is 34.1 Å². The summed E-state index contributed by atoms with van der Waals surface area (Å²) in [5.41, 5.74) is 0.631. The van der Waals surface area contributed by atoms with Gasteiger partial charge in [-0.1, -0.05) is 25.5 Å². The molecule has 2 nitrogen and oxygen atoms in total. The van der Waals surface area contributed by atoms with Crippen molar-refractivity contribution >= 4 is 11.6 Å². The van der Waals surface area contributed by atoms with Gasteiger partial charge in [-0.15, -0.1) is 0 Å². The number of carbonyl (C=O) groups is 2. The molecule has 0 aromatic heterocycles. The predicted molar refractivity (Wildman–Crippen MR) is 60.5 cm³/mol. The molecule has 0 aromatic rings. The first-order chi connectivity index (χ1) is 6.88. The third kappa shape index (κ3) is 2.44. The molecule has 0 heterocycles. The standard InChI is InChI=1S/C13H18O2/c1-5-6-11(15)12-9(2)7-10(14)8-13(12,3)4/h5-7,12H,8H2,1-4H3/b6-5+/t12-/m0/s1. The summed E-state index contributed by atoms with van der Waals surface area (Å²) in [6.45, 7) is 7.66. The highest BCUT2D eigenvalue weighted by Gasteiger charge is 2.39. The van der Waals surface area contributed by atoms with Crippen molar-refractivity contribution < 1.29 is 9.59 Å². The molecule has 0 aromatic carbocycles. The molecule has 0 saturated carbocycles. The second-order valence-electron chi connectivity index (χ2n) is 4.86. The summed E-state index contributed by atoms with van der Waals surface area (Å²) in [5, 5.41) is 0. The Hall–Kier alpha value is -1.18. The van der Waals surface area contributed by atoms with Crippen molar-refractivity contribution in [2.75, 3.05) is 0 Å². The zero-order chi connectivity index (χ0) is 11.6. The zero-order valence-corrected chi connectivity index (χ0v) is 9.83. The molecular formula is C13H18O2. The van der Waals surface area contributed by atoms with E-state index in [4.69, 9.17) is 0 Å². The van der Waals surface area contributed by atoms with Gasteiger partial charge in [0, 0.05) is 12.3 Å². The number of carbonyl (C=O) groups excluding carboxylic acids is 2. The van der Waals surface area contributed by atoms with Gasteiger partial charge in [-0.25, -0.2) is 0 Å². The fourth-order valence-electron chi connectivity index (χ4n) is 2.43. The molecule has 1 aliphatic rings. The average Bonchev–Trinajstić information content (AvgIpc) is 1.99. The summed E-state index contributed by atoms with van der Waals surface area (Å²) in [6.07, 6.45) is 5.41. The number of rotatable bonds is 2. The average molecular weight is 206 g/mol. The summed E-state index contributed by atoms with van der Waals surface area (Å²) < 4.78 is 0. The number of ketones is 2. The quantitative estimate of drug-likeness (QED) is 0.651. The van der Waals surface area contributed by atoms with Gasteiger partial charge in [-0.05, 0) is 31.4 Å². The van der Waals surface area contributed by atoms with Crippen molar-refractivity contribution in [3.8, 4) is 0 Å². The van der Waals surface area contributed by atoms with E-state index < -0.39 is 0 Å². The monoisotopic (exact) mass is 206 g/mol. The number of hydrogen-bond acceptors (Lipinski definition) is 2. The Labute approximate surface area is 91.1 Å². The summed E-state index contributed by atoms with van der Waals surface area (Å²) in [6, 6.07) is 0. The fraction of sp³-hybridized carbons (Fsp3) is 0.538. The lowest BCUT2D eigenvalue weighted by molar-refractivity contribution is -0.123. The van der Waals surface area contributed by atoms with E-state index in [2.05, 4.69) is 0 Å². The fourth-order valence-corrected chi connectivity index (χ4v) is 2.43. The second kappa shape index (κ2) is 4.13. The van der Waals surface area contributed by atoms with E-state index in [-0.39, 0.29) is 22.9 Å². The molecule has 1 rings (SSSR count). The SMILES string of the molecule is C/C=C/C(=O)[C@@H]1C(C)=CC(=O)CC1(C)C. The van der Waals surface area contributed by atoms with Crippen LogP contribution in [0.15, 0.2) is 23.8 Å². The first-order valence-electron chi connectivity index (χ1n) is 5.26. The van der Waals surface area contributed by atoms with Gasteiger partial charge >= 0.3 is 0 Å². The zero-order valence-electron chi connectivity index (χ0n) is 9.83. The van der Waals surface area contributed by atoms with Gasteiger partial charge in [0.1, 0.15) is 0 Å². The summed E-state index contributed by atoms with van der Waals surface area (Å²) in [4.78, 5) is 23.3. The lowest BCUT2D eigenvalue weighted by Gasteiger charge is -2.35. The van der Waals surface area contributed by atoms with Crippen LogP contribution in [0.4, 0.5) is 0 Å². The van der Waals surface area contributed by atoms with Crippen LogP contribution in [0.3, 0.4) is 0 Å². The molecule has 15 heavy (non-hydrogen) atoms. The van der Waals surface area contributed by atoms with E-state index in [1.807, 2.05) is 27.7 Å². The Bertz CT molecular complexity index is 346. The Morgan fingerprint density at radius 2 is 2.13 bits per heavy atom. The van der Waals surface area contributed by atoms with Crippen molar-refractivity contribution in [2.45, 2.75) is 34.1 Å². The van der Waals surface area contributed by atoms with Gasteiger partial charge in [-0.3, -0.25) is 9.59 Å². The van der Waals surface area contributed by atoms with E-state index in [1.54, 1.807) is 18.2 Å². The molecule has 0 unspecified atom stereocenters. The van der Waals surface area contributed by atoms with Gasteiger partial charge in [0.15, 0.2) is 11.6 Å². The highest BCUT2D eigenvalue weighted by atomic mass is 16.1. The third-order valence-electron chi connectivity index (χ3n) is 2.87. The van der Waals surface area contributed by atoms with Crippen LogP contribution >= 0.6 is 0 Å². The van der Waals surface area contributed by atoms with E-state index in [0.29, 0.717) is 6.42 Å². The Kier molecular flexibility index (Phi) is 3.28. The number of allylic oxidation sites excluding steroid dienone is 4. The second-order valence-corrected chi connectivity index (χ2v) is 4.86. The largest absolute Gasteiger partial charge is 0.295 e. The minimum absolute atomic E-state index is 0.101. The third-order valence-corrected chi connectivity index (χ3v) is 2.87. The van der Waals surface area contributed by atoms with Gasteiger partial charge in [0.05, 0.1) is 0 Å². The molecule has 0 aliphatic heterocycles. The molecule has 0 fully saturated rings. The van der Waals surface area contributed by atoms with Crippen LogP contribution in [0.5, 0.6) is 0 Å². The van der Waals surface area contributed by atoms with E-state index in [9.17, 15) is 9.59 Å². The maximum Gasteiger partial charge on any atom is 0.163 e. The molecule has 0 radical (unpaired) electrons. The smallest absolute Gasteiger partial charge is 0.163 e. The number of hydrogen-bond donors (Lipinski definition) is 0. The Morgan fingerprint density at radius 1 is 1.53 bits per heavy atom. The minimum atomic E-state index is -0.257. The Morgan fingerprint density at radius 3 is 2.60 bits per heavy atom. The predicted octanol–water partition coefficient (Wildman–Crippen LogP) is 2.69. The molecule has 0 saturated heterocycles. The van der Waals surface area contributed by atoms with Gasteiger partial charge in [-0.2, -0.15) is 0 Å². The molecule has 0 N–H and O–H groups in total. The van der Waals surface area contributed by atoms with Crippen molar-refractivity contribution in [1.82, 2.24) is 0 Å². The molecule has 0 bridgehead atoms. The van der Waals surface area contributed by atoms with Crippen LogP contribution in [0.2, 0.25) is 0 Å². The lowest BCUT2D eigenvalue weighted by Crippen LogP contribution is -2.36. The summed E-state index contributed by atoms with van der Waals surface area (Å²) in [5.74, 6) is 0.0807. The van der Waals surface area contributed by atoms with Crippen molar-refractivity contribution in [3.63, 3.8) is 0 Å². The van der Waals surface area contributed by atoms with E-state index in [1.165, 1.54) is 0 Å². The molecule has 0 amide bonds. The highest BCUT2D eigenvalue weighted by molar-refractivity contribution is 5.99. The van der Waals surface area contributed by atoms with E-state index >= 15 is 0 Å². The highest BCUT2D eigenvalue weighted by Crippen LogP contribution is 2.40.